The van der Waals surface area contributed by atoms with E-state index >= 15 is 0 Å². The maximum atomic E-state index is 11.8. The average molecular weight is 272 g/mol. The monoisotopic (exact) mass is 272 g/mol. The van der Waals surface area contributed by atoms with Crippen molar-refractivity contribution in [3.05, 3.63) is 0 Å². The van der Waals surface area contributed by atoms with Crippen LogP contribution in [0.1, 0.15) is 52.4 Å². The van der Waals surface area contributed by atoms with Gasteiger partial charge >= 0.3 is 0 Å². The number of nitrogens with one attached hydrogen (secondary N) is 2. The van der Waals surface area contributed by atoms with Crippen LogP contribution in [0.4, 0.5) is 0 Å². The molecular formula is C14H28N2OS. The van der Waals surface area contributed by atoms with E-state index in [4.69, 9.17) is 0 Å². The van der Waals surface area contributed by atoms with Crippen LogP contribution in [0, 0.1) is 0 Å². The highest BCUT2D eigenvalue weighted by Gasteiger charge is 2.22. The number of rotatable bonds is 7. The van der Waals surface area contributed by atoms with Crippen molar-refractivity contribution in [2.75, 3.05) is 12.8 Å². The summed E-state index contributed by atoms with van der Waals surface area (Å²) in [6, 6.07) is 0.926. The summed E-state index contributed by atoms with van der Waals surface area (Å²) in [5, 5.41) is 7.27. The Labute approximate surface area is 116 Å². The van der Waals surface area contributed by atoms with E-state index < -0.39 is 0 Å². The fraction of sp³-hybridized carbons (Fsp3) is 0.929. The van der Waals surface area contributed by atoms with Gasteiger partial charge in [0.05, 0.1) is 0 Å². The van der Waals surface area contributed by atoms with E-state index in [-0.39, 0.29) is 5.91 Å². The van der Waals surface area contributed by atoms with E-state index in [1.54, 1.807) is 0 Å². The van der Waals surface area contributed by atoms with Gasteiger partial charge in [-0.1, -0.05) is 20.3 Å². The molecule has 0 aliphatic heterocycles. The molecule has 0 radical (unpaired) electrons. The standard InChI is InChI=1S/C14H28N2OS/c1-11(2)15-9-5-8-14(17)16-12-6-4-7-13(10-12)18-3/h11-13,15H,4-10H2,1-3H3,(H,16,17). The van der Waals surface area contributed by atoms with Gasteiger partial charge < -0.3 is 10.6 Å². The molecular weight excluding hydrogens is 244 g/mol. The van der Waals surface area contributed by atoms with Crippen LogP contribution >= 0.6 is 11.8 Å². The van der Waals surface area contributed by atoms with Crippen molar-refractivity contribution in [3.63, 3.8) is 0 Å². The van der Waals surface area contributed by atoms with Crippen molar-refractivity contribution in [3.8, 4) is 0 Å². The van der Waals surface area contributed by atoms with Crippen molar-refractivity contribution in [2.45, 2.75) is 69.7 Å². The fourth-order valence-corrected chi connectivity index (χ4v) is 3.26. The van der Waals surface area contributed by atoms with Crippen LogP contribution in [-0.4, -0.2) is 36.0 Å². The summed E-state index contributed by atoms with van der Waals surface area (Å²) in [7, 11) is 0. The lowest BCUT2D eigenvalue weighted by atomic mass is 9.95. The Kier molecular flexibility index (Phi) is 7.75. The first-order chi connectivity index (χ1) is 8.61. The molecule has 1 aliphatic rings. The van der Waals surface area contributed by atoms with Crippen LogP contribution in [0.3, 0.4) is 0 Å². The van der Waals surface area contributed by atoms with Crippen LogP contribution in [0.5, 0.6) is 0 Å². The molecule has 0 aromatic rings. The zero-order chi connectivity index (χ0) is 13.4. The molecule has 2 atom stereocenters. The molecule has 1 aliphatic carbocycles. The van der Waals surface area contributed by atoms with Gasteiger partial charge in [-0.25, -0.2) is 0 Å². The molecule has 106 valence electrons. The number of thioether (sulfide) groups is 1. The van der Waals surface area contributed by atoms with E-state index in [1.807, 2.05) is 11.8 Å². The highest BCUT2D eigenvalue weighted by Crippen LogP contribution is 2.26. The third-order valence-electron chi connectivity index (χ3n) is 3.46. The smallest absolute Gasteiger partial charge is 0.220 e. The molecule has 0 heterocycles. The van der Waals surface area contributed by atoms with E-state index in [9.17, 15) is 4.79 Å². The van der Waals surface area contributed by atoms with Gasteiger partial charge in [-0.05, 0) is 38.5 Å². The highest BCUT2D eigenvalue weighted by molar-refractivity contribution is 7.99. The van der Waals surface area contributed by atoms with Crippen LogP contribution in [-0.2, 0) is 4.79 Å². The van der Waals surface area contributed by atoms with Crippen LogP contribution in [0.2, 0.25) is 0 Å². The third-order valence-corrected chi connectivity index (χ3v) is 4.55. The Balaban J connectivity index is 2.11. The van der Waals surface area contributed by atoms with Crippen molar-refractivity contribution >= 4 is 17.7 Å². The molecule has 0 saturated heterocycles. The summed E-state index contributed by atoms with van der Waals surface area (Å²) in [5.74, 6) is 0.229. The molecule has 1 saturated carbocycles. The van der Waals surface area contributed by atoms with Gasteiger partial charge in [0.1, 0.15) is 0 Å². The molecule has 0 bridgehead atoms. The molecule has 1 amide bonds. The predicted octanol–water partition coefficient (Wildman–Crippen LogP) is 2.56. The minimum Gasteiger partial charge on any atom is -0.353 e. The van der Waals surface area contributed by atoms with E-state index in [0.29, 0.717) is 18.5 Å². The summed E-state index contributed by atoms with van der Waals surface area (Å²) in [6.45, 7) is 5.19. The van der Waals surface area contributed by atoms with Gasteiger partial charge in [0, 0.05) is 23.8 Å². The third kappa shape index (κ3) is 6.64. The number of hydrogen-bond acceptors (Lipinski definition) is 3. The van der Waals surface area contributed by atoms with E-state index in [2.05, 4.69) is 30.7 Å². The Hall–Kier alpha value is -0.220. The van der Waals surface area contributed by atoms with Crippen LogP contribution < -0.4 is 10.6 Å². The maximum absolute atomic E-state index is 11.8. The Morgan fingerprint density at radius 3 is 2.83 bits per heavy atom. The normalized spacial score (nSPS) is 24.2. The molecule has 1 fully saturated rings. The summed E-state index contributed by atoms with van der Waals surface area (Å²) < 4.78 is 0. The molecule has 4 heteroatoms. The number of amides is 1. The molecule has 18 heavy (non-hydrogen) atoms. The Bertz CT molecular complexity index is 246. The summed E-state index contributed by atoms with van der Waals surface area (Å²) >= 11 is 1.94. The Morgan fingerprint density at radius 1 is 1.39 bits per heavy atom. The minimum atomic E-state index is 0.229. The first-order valence-electron chi connectivity index (χ1n) is 7.17. The summed E-state index contributed by atoms with van der Waals surface area (Å²) in [4.78, 5) is 11.8. The molecule has 0 aromatic heterocycles. The quantitative estimate of drug-likeness (QED) is 0.700. The second-order valence-electron chi connectivity index (χ2n) is 5.50. The number of carbonyl (C=O) groups is 1. The second-order valence-corrected chi connectivity index (χ2v) is 6.64. The van der Waals surface area contributed by atoms with Gasteiger partial charge in [-0.15, -0.1) is 0 Å². The van der Waals surface area contributed by atoms with Gasteiger partial charge in [-0.3, -0.25) is 4.79 Å². The molecule has 3 nitrogen and oxygen atoms in total. The van der Waals surface area contributed by atoms with Gasteiger partial charge in [-0.2, -0.15) is 11.8 Å². The molecule has 2 unspecified atom stereocenters. The van der Waals surface area contributed by atoms with E-state index in [0.717, 1.165) is 31.1 Å². The van der Waals surface area contributed by atoms with Gasteiger partial charge in [0.25, 0.3) is 0 Å². The maximum Gasteiger partial charge on any atom is 0.220 e. The van der Waals surface area contributed by atoms with Crippen LogP contribution in [0.25, 0.3) is 0 Å². The molecule has 0 aromatic carbocycles. The lowest BCUT2D eigenvalue weighted by Gasteiger charge is -2.28. The lowest BCUT2D eigenvalue weighted by molar-refractivity contribution is -0.122. The Morgan fingerprint density at radius 2 is 2.17 bits per heavy atom. The van der Waals surface area contributed by atoms with Crippen molar-refractivity contribution < 1.29 is 4.79 Å². The van der Waals surface area contributed by atoms with Crippen molar-refractivity contribution in [1.82, 2.24) is 10.6 Å². The molecule has 1 rings (SSSR count). The highest BCUT2D eigenvalue weighted by atomic mass is 32.2. The topological polar surface area (TPSA) is 41.1 Å². The SMILES string of the molecule is CSC1CCCC(NC(=O)CCCNC(C)C)C1. The largest absolute Gasteiger partial charge is 0.353 e. The lowest BCUT2D eigenvalue weighted by Crippen LogP contribution is -2.39. The number of carbonyl (C=O) groups excluding carboxylic acids is 1. The fourth-order valence-electron chi connectivity index (χ4n) is 2.43. The number of hydrogen-bond donors (Lipinski definition) is 2. The average Bonchev–Trinajstić information content (AvgIpc) is 2.34. The van der Waals surface area contributed by atoms with E-state index in [1.165, 1.54) is 12.8 Å². The van der Waals surface area contributed by atoms with Gasteiger partial charge in [0.2, 0.25) is 5.91 Å². The van der Waals surface area contributed by atoms with Gasteiger partial charge in [0.15, 0.2) is 0 Å². The minimum absolute atomic E-state index is 0.229. The van der Waals surface area contributed by atoms with Crippen molar-refractivity contribution in [1.29, 1.82) is 0 Å². The first kappa shape index (κ1) is 15.8. The molecule has 2 N–H and O–H groups in total. The predicted molar refractivity (Wildman–Crippen MR) is 80.1 cm³/mol. The zero-order valence-electron chi connectivity index (χ0n) is 12.0. The first-order valence-corrected chi connectivity index (χ1v) is 8.46. The summed E-state index contributed by atoms with van der Waals surface area (Å²) in [5.41, 5.74) is 0. The summed E-state index contributed by atoms with van der Waals surface area (Å²) in [6.07, 6.45) is 8.64. The van der Waals surface area contributed by atoms with Crippen LogP contribution in [0.15, 0.2) is 0 Å². The van der Waals surface area contributed by atoms with Crippen molar-refractivity contribution in [2.24, 2.45) is 0 Å². The molecule has 0 spiro atoms. The second kappa shape index (κ2) is 8.81. The zero-order valence-corrected chi connectivity index (χ0v) is 12.8.